The summed E-state index contributed by atoms with van der Waals surface area (Å²) in [5.41, 5.74) is 1.94. The molecule has 1 atom stereocenters. The Bertz CT molecular complexity index is 810. The molecule has 1 amide bonds. The normalized spacial score (nSPS) is 16.8. The number of amides is 1. The third kappa shape index (κ3) is 4.62. The van der Waals surface area contributed by atoms with Crippen LogP contribution in [0.25, 0.3) is 0 Å². The molecule has 1 aliphatic heterocycles. The first-order valence-electron chi connectivity index (χ1n) is 9.46. The summed E-state index contributed by atoms with van der Waals surface area (Å²) in [4.78, 5) is 16.6. The van der Waals surface area contributed by atoms with Gasteiger partial charge in [-0.05, 0) is 54.8 Å². The fourth-order valence-corrected chi connectivity index (χ4v) is 3.68. The van der Waals surface area contributed by atoms with E-state index in [9.17, 15) is 9.18 Å². The lowest BCUT2D eigenvalue weighted by Crippen LogP contribution is -2.37. The number of halogens is 1. The van der Waals surface area contributed by atoms with Crippen molar-refractivity contribution in [1.29, 1.82) is 0 Å². The zero-order chi connectivity index (χ0) is 20.1. The summed E-state index contributed by atoms with van der Waals surface area (Å²) in [6.07, 6.45) is 2.10. The molecule has 28 heavy (non-hydrogen) atoms. The second-order valence-corrected chi connectivity index (χ2v) is 7.12. The average Bonchev–Trinajstić information content (AvgIpc) is 3.16. The third-order valence-electron chi connectivity index (χ3n) is 5.26. The van der Waals surface area contributed by atoms with E-state index in [-0.39, 0.29) is 17.7 Å². The van der Waals surface area contributed by atoms with Crippen LogP contribution in [0.2, 0.25) is 0 Å². The van der Waals surface area contributed by atoms with E-state index >= 15 is 0 Å². The number of benzene rings is 2. The molecule has 6 heteroatoms. The van der Waals surface area contributed by atoms with Gasteiger partial charge in [0, 0.05) is 19.6 Å². The van der Waals surface area contributed by atoms with Gasteiger partial charge in [0.25, 0.3) is 0 Å². The smallest absolute Gasteiger partial charge is 0.236 e. The quantitative estimate of drug-likeness (QED) is 0.729. The molecule has 3 rings (SSSR count). The van der Waals surface area contributed by atoms with Gasteiger partial charge < -0.3 is 14.4 Å². The lowest BCUT2D eigenvalue weighted by Gasteiger charge is -2.27. The molecule has 1 saturated heterocycles. The maximum absolute atomic E-state index is 13.9. The van der Waals surface area contributed by atoms with E-state index in [2.05, 4.69) is 17.0 Å². The molecular formula is C22H27FN2O3. The van der Waals surface area contributed by atoms with Crippen LogP contribution >= 0.6 is 0 Å². The number of carbonyl (C=O) groups is 1. The summed E-state index contributed by atoms with van der Waals surface area (Å²) < 4.78 is 24.0. The Morgan fingerprint density at radius 2 is 1.93 bits per heavy atom. The van der Waals surface area contributed by atoms with Gasteiger partial charge in [-0.1, -0.05) is 18.2 Å². The van der Waals surface area contributed by atoms with Crippen molar-refractivity contribution in [2.75, 3.05) is 34.4 Å². The number of hydrogen-bond donors (Lipinski definition) is 0. The molecule has 0 aromatic heterocycles. The van der Waals surface area contributed by atoms with Crippen molar-refractivity contribution in [2.24, 2.45) is 0 Å². The van der Waals surface area contributed by atoms with Crippen molar-refractivity contribution in [2.45, 2.75) is 25.4 Å². The number of nitrogens with zero attached hydrogens (tertiary/aromatic N) is 2. The predicted molar refractivity (Wildman–Crippen MR) is 106 cm³/mol. The first-order chi connectivity index (χ1) is 13.5. The summed E-state index contributed by atoms with van der Waals surface area (Å²) in [5, 5.41) is 0. The standard InChI is InChI=1S/C22H27FN2O3/c1-24(14-16-6-11-21(28-3)19(23)13-16)22(26)15-25-12-4-5-20(25)17-7-9-18(27-2)10-8-17/h6-11,13,20H,4-5,12,14-15H2,1-3H3. The highest BCUT2D eigenvalue weighted by atomic mass is 19.1. The molecule has 1 heterocycles. The van der Waals surface area contributed by atoms with Crippen molar-refractivity contribution in [3.63, 3.8) is 0 Å². The fourth-order valence-electron chi connectivity index (χ4n) is 3.68. The van der Waals surface area contributed by atoms with E-state index in [1.165, 1.54) is 18.7 Å². The number of methoxy groups -OCH3 is 2. The highest BCUT2D eigenvalue weighted by Crippen LogP contribution is 2.32. The van der Waals surface area contributed by atoms with Crippen molar-refractivity contribution in [3.8, 4) is 11.5 Å². The van der Waals surface area contributed by atoms with Crippen molar-refractivity contribution in [3.05, 3.63) is 59.4 Å². The lowest BCUT2D eigenvalue weighted by molar-refractivity contribution is -0.131. The Labute approximate surface area is 165 Å². The Morgan fingerprint density at radius 1 is 1.18 bits per heavy atom. The molecule has 0 bridgehead atoms. The number of likely N-dealkylation sites (tertiary alicyclic amines) is 1. The zero-order valence-corrected chi connectivity index (χ0v) is 16.7. The van der Waals surface area contributed by atoms with Gasteiger partial charge in [0.2, 0.25) is 5.91 Å². The highest BCUT2D eigenvalue weighted by Gasteiger charge is 2.28. The number of likely N-dealkylation sites (N-methyl/N-ethyl adjacent to an activating group) is 1. The second-order valence-electron chi connectivity index (χ2n) is 7.12. The molecule has 2 aromatic rings. The van der Waals surface area contributed by atoms with E-state index in [1.54, 1.807) is 31.2 Å². The molecule has 150 valence electrons. The Balaban J connectivity index is 1.61. The lowest BCUT2D eigenvalue weighted by atomic mass is 10.0. The maximum Gasteiger partial charge on any atom is 0.236 e. The number of ether oxygens (including phenoxy) is 2. The Hall–Kier alpha value is -2.60. The van der Waals surface area contributed by atoms with Crippen molar-refractivity contribution in [1.82, 2.24) is 9.80 Å². The minimum Gasteiger partial charge on any atom is -0.497 e. The monoisotopic (exact) mass is 386 g/mol. The molecule has 0 N–H and O–H groups in total. The molecule has 0 aliphatic carbocycles. The fraction of sp³-hybridized carbons (Fsp3) is 0.409. The molecule has 0 saturated carbocycles. The summed E-state index contributed by atoms with van der Waals surface area (Å²) in [6, 6.07) is 13.1. The topological polar surface area (TPSA) is 42.0 Å². The number of rotatable bonds is 7. The maximum atomic E-state index is 13.9. The summed E-state index contributed by atoms with van der Waals surface area (Å²) >= 11 is 0. The summed E-state index contributed by atoms with van der Waals surface area (Å²) in [5.74, 6) is 0.643. The van der Waals surface area contributed by atoms with E-state index in [4.69, 9.17) is 9.47 Å². The van der Waals surface area contributed by atoms with Gasteiger partial charge in [-0.15, -0.1) is 0 Å². The van der Waals surface area contributed by atoms with Gasteiger partial charge in [-0.3, -0.25) is 9.69 Å². The molecule has 0 spiro atoms. The molecule has 1 unspecified atom stereocenters. The zero-order valence-electron chi connectivity index (χ0n) is 16.7. The van der Waals surface area contributed by atoms with E-state index in [0.717, 1.165) is 30.7 Å². The van der Waals surface area contributed by atoms with Crippen LogP contribution < -0.4 is 9.47 Å². The van der Waals surface area contributed by atoms with Gasteiger partial charge in [0.1, 0.15) is 5.75 Å². The first-order valence-corrected chi connectivity index (χ1v) is 9.46. The van der Waals surface area contributed by atoms with Crippen LogP contribution in [0, 0.1) is 5.82 Å². The Kier molecular flexibility index (Phi) is 6.52. The molecule has 5 nitrogen and oxygen atoms in total. The molecule has 1 aliphatic rings. The average molecular weight is 386 g/mol. The van der Waals surface area contributed by atoms with Crippen LogP contribution in [0.4, 0.5) is 4.39 Å². The molecular weight excluding hydrogens is 359 g/mol. The first kappa shape index (κ1) is 20.1. The second kappa shape index (κ2) is 9.06. The van der Waals surface area contributed by atoms with Crippen LogP contribution in [-0.4, -0.2) is 50.1 Å². The van der Waals surface area contributed by atoms with Gasteiger partial charge in [-0.2, -0.15) is 0 Å². The van der Waals surface area contributed by atoms with Gasteiger partial charge in [0.15, 0.2) is 11.6 Å². The highest BCUT2D eigenvalue weighted by molar-refractivity contribution is 5.78. The van der Waals surface area contributed by atoms with E-state index in [0.29, 0.717) is 13.1 Å². The predicted octanol–water partition coefficient (Wildman–Crippen LogP) is 3.64. The largest absolute Gasteiger partial charge is 0.497 e. The van der Waals surface area contributed by atoms with Crippen LogP contribution in [-0.2, 0) is 11.3 Å². The number of hydrogen-bond acceptors (Lipinski definition) is 4. The van der Waals surface area contributed by atoms with Crippen LogP contribution in [0.1, 0.15) is 30.0 Å². The molecule has 2 aromatic carbocycles. The SMILES string of the molecule is COc1ccc(C2CCCN2CC(=O)N(C)Cc2ccc(OC)c(F)c2)cc1. The summed E-state index contributed by atoms with van der Waals surface area (Å²) in [7, 11) is 4.84. The molecule has 1 fully saturated rings. The van der Waals surface area contributed by atoms with Crippen LogP contribution in [0.15, 0.2) is 42.5 Å². The van der Waals surface area contributed by atoms with Crippen LogP contribution in [0.5, 0.6) is 11.5 Å². The third-order valence-corrected chi connectivity index (χ3v) is 5.26. The molecule has 0 radical (unpaired) electrons. The van der Waals surface area contributed by atoms with Crippen molar-refractivity contribution >= 4 is 5.91 Å². The van der Waals surface area contributed by atoms with E-state index in [1.807, 2.05) is 12.1 Å². The minimum atomic E-state index is -0.417. The van der Waals surface area contributed by atoms with Gasteiger partial charge >= 0.3 is 0 Å². The minimum absolute atomic E-state index is 0.0247. The van der Waals surface area contributed by atoms with Crippen LogP contribution in [0.3, 0.4) is 0 Å². The Morgan fingerprint density at radius 3 is 2.57 bits per heavy atom. The van der Waals surface area contributed by atoms with E-state index < -0.39 is 5.82 Å². The van der Waals surface area contributed by atoms with Gasteiger partial charge in [0.05, 0.1) is 20.8 Å². The van der Waals surface area contributed by atoms with Gasteiger partial charge in [-0.25, -0.2) is 4.39 Å². The number of carbonyl (C=O) groups excluding carboxylic acids is 1. The summed E-state index contributed by atoms with van der Waals surface area (Å²) in [6.45, 7) is 1.61. The van der Waals surface area contributed by atoms with Crippen molar-refractivity contribution < 1.29 is 18.7 Å².